The second-order valence-corrected chi connectivity index (χ2v) is 8.35. The molecule has 5 nitrogen and oxygen atoms in total. The zero-order valence-electron chi connectivity index (χ0n) is 16.5. The van der Waals surface area contributed by atoms with Crippen LogP contribution in [0, 0.1) is 11.3 Å². The second-order valence-electron chi connectivity index (χ2n) is 6.43. The Kier molecular flexibility index (Phi) is 6.89. The van der Waals surface area contributed by atoms with E-state index in [4.69, 9.17) is 9.47 Å². The average molecular weight is 420 g/mol. The van der Waals surface area contributed by atoms with Crippen LogP contribution in [0.1, 0.15) is 11.1 Å². The number of ether oxygens (including phenoxy) is 2. The van der Waals surface area contributed by atoms with Crippen molar-refractivity contribution in [2.45, 2.75) is 11.3 Å². The van der Waals surface area contributed by atoms with Gasteiger partial charge in [0, 0.05) is 6.42 Å². The van der Waals surface area contributed by atoms with Crippen molar-refractivity contribution in [3.63, 3.8) is 0 Å². The monoisotopic (exact) mass is 419 g/mol. The molecule has 0 atom stereocenters. The highest BCUT2D eigenvalue weighted by Crippen LogP contribution is 2.30. The average Bonchev–Trinajstić information content (AvgIpc) is 2.79. The Bertz CT molecular complexity index is 1160. The highest BCUT2D eigenvalue weighted by molar-refractivity contribution is 7.95. The van der Waals surface area contributed by atoms with E-state index in [2.05, 4.69) is 0 Å². The van der Waals surface area contributed by atoms with Gasteiger partial charge >= 0.3 is 0 Å². The van der Waals surface area contributed by atoms with Gasteiger partial charge in [0.15, 0.2) is 11.5 Å². The van der Waals surface area contributed by atoms with Crippen LogP contribution >= 0.6 is 0 Å². The maximum Gasteiger partial charge on any atom is 0.216 e. The zero-order valence-corrected chi connectivity index (χ0v) is 17.3. The van der Waals surface area contributed by atoms with Crippen LogP contribution in [0.2, 0.25) is 0 Å². The molecule has 3 aromatic rings. The van der Waals surface area contributed by atoms with E-state index in [1.165, 1.54) is 30.9 Å². The van der Waals surface area contributed by atoms with Crippen molar-refractivity contribution in [3.05, 3.63) is 94.9 Å². The van der Waals surface area contributed by atoms with Crippen LogP contribution in [0.4, 0.5) is 0 Å². The summed E-state index contributed by atoms with van der Waals surface area (Å²) in [7, 11) is -2.38. The number of nitriles is 1. The van der Waals surface area contributed by atoms with E-state index in [1.807, 2.05) is 30.3 Å². The number of allylic oxidation sites excluding steroid dienone is 1. The fraction of sp³-hybridized carbons (Fsp3) is 0.125. The molecule has 0 spiro atoms. The minimum absolute atomic E-state index is 0.0747. The fourth-order valence-electron chi connectivity index (χ4n) is 2.86. The summed E-state index contributed by atoms with van der Waals surface area (Å²) in [5, 5.41) is 9.44. The van der Waals surface area contributed by atoms with E-state index in [9.17, 15) is 13.7 Å². The predicted molar refractivity (Wildman–Crippen MR) is 116 cm³/mol. The zero-order chi connectivity index (χ0) is 21.4. The molecule has 0 radical (unpaired) electrons. The number of rotatable bonds is 8. The molecular weight excluding hydrogens is 398 g/mol. The highest BCUT2D eigenvalue weighted by atomic mass is 32.2. The summed E-state index contributed by atoms with van der Waals surface area (Å²) in [6, 6.07) is 24.7. The number of methoxy groups -OCH3 is 1. The molecule has 0 aliphatic heterocycles. The topological polar surface area (TPSA) is 76.4 Å². The van der Waals surface area contributed by atoms with E-state index in [0.717, 1.165) is 6.42 Å². The molecule has 152 valence electrons. The van der Waals surface area contributed by atoms with Gasteiger partial charge in [0.1, 0.15) is 11.0 Å². The van der Waals surface area contributed by atoms with Crippen molar-refractivity contribution in [2.24, 2.45) is 0 Å². The Labute approximate surface area is 176 Å². The number of nitrogens with zero attached hydrogens (tertiary/aromatic N) is 1. The Hall–Kier alpha value is -3.56. The van der Waals surface area contributed by atoms with Crippen LogP contribution in [0.3, 0.4) is 0 Å². The smallest absolute Gasteiger partial charge is 0.216 e. The molecule has 0 fully saturated rings. The molecule has 0 saturated heterocycles. The van der Waals surface area contributed by atoms with Crippen molar-refractivity contribution < 1.29 is 17.9 Å². The third kappa shape index (κ3) is 5.07. The van der Waals surface area contributed by atoms with E-state index in [-0.39, 0.29) is 9.80 Å². The van der Waals surface area contributed by atoms with Gasteiger partial charge in [-0.05, 0) is 41.5 Å². The first kappa shape index (κ1) is 21.2. The SMILES string of the molecule is COc1cc(C=C(C#N)S(=O)(=O)c2ccccc2)ccc1OCCc1ccccc1. The summed E-state index contributed by atoms with van der Waals surface area (Å²) >= 11 is 0. The van der Waals surface area contributed by atoms with Crippen LogP contribution < -0.4 is 9.47 Å². The molecule has 0 N–H and O–H groups in total. The number of hydrogen-bond donors (Lipinski definition) is 0. The van der Waals surface area contributed by atoms with Crippen molar-refractivity contribution in [2.75, 3.05) is 13.7 Å². The lowest BCUT2D eigenvalue weighted by Crippen LogP contribution is -2.04. The summed E-state index contributed by atoms with van der Waals surface area (Å²) < 4.78 is 36.7. The van der Waals surface area contributed by atoms with Crippen LogP contribution in [-0.2, 0) is 16.3 Å². The Morgan fingerprint density at radius 3 is 2.27 bits per heavy atom. The maximum atomic E-state index is 12.7. The van der Waals surface area contributed by atoms with Gasteiger partial charge < -0.3 is 9.47 Å². The van der Waals surface area contributed by atoms with Crippen molar-refractivity contribution in [1.29, 1.82) is 5.26 Å². The van der Waals surface area contributed by atoms with Crippen LogP contribution in [0.15, 0.2) is 88.7 Å². The quantitative estimate of drug-likeness (QED) is 0.497. The summed E-state index contributed by atoms with van der Waals surface area (Å²) in [4.78, 5) is -0.265. The Morgan fingerprint density at radius 1 is 0.967 bits per heavy atom. The molecule has 3 aromatic carbocycles. The largest absolute Gasteiger partial charge is 0.493 e. The van der Waals surface area contributed by atoms with Gasteiger partial charge in [-0.15, -0.1) is 0 Å². The fourth-order valence-corrected chi connectivity index (χ4v) is 4.05. The minimum Gasteiger partial charge on any atom is -0.493 e. The third-order valence-corrected chi connectivity index (χ3v) is 6.11. The molecule has 0 aliphatic carbocycles. The molecule has 0 aliphatic rings. The molecule has 3 rings (SSSR count). The first-order valence-electron chi connectivity index (χ1n) is 9.31. The van der Waals surface area contributed by atoms with Crippen molar-refractivity contribution in [1.82, 2.24) is 0 Å². The van der Waals surface area contributed by atoms with Gasteiger partial charge in [-0.1, -0.05) is 54.6 Å². The van der Waals surface area contributed by atoms with Gasteiger partial charge in [0.25, 0.3) is 0 Å². The molecule has 6 heteroatoms. The standard InChI is InChI=1S/C24H21NO4S/c1-28-24-17-20(12-13-23(24)29-15-14-19-8-4-2-5-9-19)16-22(18-25)30(26,27)21-10-6-3-7-11-21/h2-13,16-17H,14-15H2,1H3. The lowest BCUT2D eigenvalue weighted by molar-refractivity contribution is 0.297. The normalized spacial score (nSPS) is 11.5. The van der Waals surface area contributed by atoms with Crippen molar-refractivity contribution in [3.8, 4) is 17.6 Å². The van der Waals surface area contributed by atoms with Gasteiger partial charge in [-0.2, -0.15) is 5.26 Å². The molecule has 0 aromatic heterocycles. The van der Waals surface area contributed by atoms with Gasteiger partial charge in [-0.25, -0.2) is 8.42 Å². The van der Waals surface area contributed by atoms with E-state index in [1.54, 1.807) is 42.5 Å². The molecule has 30 heavy (non-hydrogen) atoms. The Balaban J connectivity index is 1.80. The molecule has 0 saturated carbocycles. The summed E-state index contributed by atoms with van der Waals surface area (Å²) in [6.07, 6.45) is 2.08. The molecule has 0 amide bonds. The lowest BCUT2D eigenvalue weighted by atomic mass is 10.1. The number of benzene rings is 3. The number of hydrogen-bond acceptors (Lipinski definition) is 5. The second kappa shape index (κ2) is 9.77. The minimum atomic E-state index is -3.90. The van der Waals surface area contributed by atoms with Crippen LogP contribution in [-0.4, -0.2) is 22.1 Å². The Morgan fingerprint density at radius 2 is 1.63 bits per heavy atom. The number of sulfone groups is 1. The summed E-state index contributed by atoms with van der Waals surface area (Å²) in [5.74, 6) is 1.02. The maximum absolute atomic E-state index is 12.7. The lowest BCUT2D eigenvalue weighted by Gasteiger charge is -2.11. The van der Waals surface area contributed by atoms with E-state index in [0.29, 0.717) is 23.7 Å². The van der Waals surface area contributed by atoms with Crippen molar-refractivity contribution >= 4 is 15.9 Å². The molecular formula is C24H21NO4S. The summed E-state index contributed by atoms with van der Waals surface area (Å²) in [5.41, 5.74) is 1.69. The first-order chi connectivity index (χ1) is 14.5. The predicted octanol–water partition coefficient (Wildman–Crippen LogP) is 4.66. The van der Waals surface area contributed by atoms with Crippen LogP contribution in [0.25, 0.3) is 6.08 Å². The van der Waals surface area contributed by atoms with Gasteiger partial charge in [0.2, 0.25) is 9.84 Å². The van der Waals surface area contributed by atoms with Crippen LogP contribution in [0.5, 0.6) is 11.5 Å². The molecule has 0 unspecified atom stereocenters. The van der Waals surface area contributed by atoms with E-state index < -0.39 is 9.84 Å². The van der Waals surface area contributed by atoms with Gasteiger partial charge in [-0.3, -0.25) is 0 Å². The summed E-state index contributed by atoms with van der Waals surface area (Å²) in [6.45, 7) is 0.474. The van der Waals surface area contributed by atoms with E-state index >= 15 is 0 Å². The molecule has 0 bridgehead atoms. The third-order valence-electron chi connectivity index (χ3n) is 4.43. The first-order valence-corrected chi connectivity index (χ1v) is 10.8. The highest BCUT2D eigenvalue weighted by Gasteiger charge is 2.20. The molecule has 0 heterocycles. The van der Waals surface area contributed by atoms with Gasteiger partial charge in [0.05, 0.1) is 18.6 Å².